The van der Waals surface area contributed by atoms with Crippen LogP contribution in [0.5, 0.6) is 0 Å². The summed E-state index contributed by atoms with van der Waals surface area (Å²) in [4.78, 5) is 9.82. The predicted octanol–water partition coefficient (Wildman–Crippen LogP) is 6.08. The largest absolute Gasteiger partial charge is 0.275 e. The van der Waals surface area contributed by atoms with Gasteiger partial charge in [-0.3, -0.25) is 4.99 Å². The molecule has 0 saturated carbocycles. The Balaban J connectivity index is 1.96. The standard InChI is InChI=1S/C23H22F2N2/c1-22(2)17-13-15(21(24)25)9-11-16(17)20(27-23(22,3)4)19-12-10-14-7-5-6-8-18(14)26-19/h5-13,21H,1-4H3. The van der Waals surface area contributed by atoms with Crippen LogP contribution < -0.4 is 0 Å². The summed E-state index contributed by atoms with van der Waals surface area (Å²) in [6.45, 7) is 8.22. The topological polar surface area (TPSA) is 25.2 Å². The third-order valence-corrected chi connectivity index (χ3v) is 5.99. The van der Waals surface area contributed by atoms with Crippen LogP contribution >= 0.6 is 0 Å². The Morgan fingerprint density at radius 3 is 2.37 bits per heavy atom. The number of rotatable bonds is 2. The number of aliphatic imine (C=N–C) groups is 1. The molecule has 0 unspecified atom stereocenters. The molecule has 0 bridgehead atoms. The first-order chi connectivity index (χ1) is 12.7. The van der Waals surface area contributed by atoms with E-state index in [4.69, 9.17) is 9.98 Å². The fourth-order valence-corrected chi connectivity index (χ4v) is 3.62. The maximum absolute atomic E-state index is 13.3. The zero-order chi connectivity index (χ0) is 19.4. The Kier molecular flexibility index (Phi) is 3.91. The van der Waals surface area contributed by atoms with E-state index in [1.807, 2.05) is 50.2 Å². The number of hydrogen-bond acceptors (Lipinski definition) is 2. The lowest BCUT2D eigenvalue weighted by molar-refractivity contribution is 0.151. The highest BCUT2D eigenvalue weighted by Gasteiger charge is 2.44. The van der Waals surface area contributed by atoms with Crippen molar-refractivity contribution in [2.24, 2.45) is 4.99 Å². The number of aromatic nitrogens is 1. The van der Waals surface area contributed by atoms with Crippen LogP contribution in [0, 0.1) is 0 Å². The van der Waals surface area contributed by atoms with Crippen LogP contribution in [-0.2, 0) is 5.41 Å². The van der Waals surface area contributed by atoms with Crippen molar-refractivity contribution in [3.8, 4) is 0 Å². The van der Waals surface area contributed by atoms with Crippen molar-refractivity contribution < 1.29 is 8.78 Å². The van der Waals surface area contributed by atoms with Gasteiger partial charge in [0.15, 0.2) is 0 Å². The van der Waals surface area contributed by atoms with Crippen LogP contribution in [0.1, 0.15) is 56.5 Å². The molecule has 0 saturated heterocycles. The minimum absolute atomic E-state index is 0.0466. The molecule has 2 nitrogen and oxygen atoms in total. The number of benzene rings is 2. The summed E-state index contributed by atoms with van der Waals surface area (Å²) in [6.07, 6.45) is -2.49. The lowest BCUT2D eigenvalue weighted by Crippen LogP contribution is -2.46. The van der Waals surface area contributed by atoms with Crippen molar-refractivity contribution in [3.05, 3.63) is 77.0 Å². The molecular weight excluding hydrogens is 342 g/mol. The molecular formula is C23H22F2N2. The van der Waals surface area contributed by atoms with E-state index >= 15 is 0 Å². The number of hydrogen-bond donors (Lipinski definition) is 0. The molecule has 0 radical (unpaired) electrons. The summed E-state index contributed by atoms with van der Waals surface area (Å²) in [6, 6.07) is 16.8. The third-order valence-electron chi connectivity index (χ3n) is 5.99. The van der Waals surface area contributed by atoms with Crippen LogP contribution in [0.4, 0.5) is 8.78 Å². The van der Waals surface area contributed by atoms with E-state index in [2.05, 4.69) is 13.8 Å². The summed E-state index contributed by atoms with van der Waals surface area (Å²) in [5, 5.41) is 1.06. The van der Waals surface area contributed by atoms with Crippen LogP contribution in [0.3, 0.4) is 0 Å². The highest BCUT2D eigenvalue weighted by molar-refractivity contribution is 6.14. The first kappa shape index (κ1) is 17.8. The first-order valence-electron chi connectivity index (χ1n) is 9.10. The second kappa shape index (κ2) is 5.95. The third kappa shape index (κ3) is 2.75. The summed E-state index contributed by atoms with van der Waals surface area (Å²) in [7, 11) is 0. The highest BCUT2D eigenvalue weighted by Crippen LogP contribution is 2.44. The molecule has 2 aromatic carbocycles. The second-order valence-electron chi connectivity index (χ2n) is 8.14. The zero-order valence-electron chi connectivity index (χ0n) is 15.9. The van der Waals surface area contributed by atoms with Gasteiger partial charge in [0.25, 0.3) is 6.43 Å². The SMILES string of the molecule is CC1(C)N=C(c2ccc3ccccc3n2)c2ccc(C(F)F)cc2C1(C)C. The molecule has 2 heterocycles. The first-order valence-corrected chi connectivity index (χ1v) is 9.10. The van der Waals surface area contributed by atoms with Crippen molar-refractivity contribution in [1.82, 2.24) is 4.98 Å². The number of pyridine rings is 1. The van der Waals surface area contributed by atoms with Gasteiger partial charge < -0.3 is 0 Å². The maximum Gasteiger partial charge on any atom is 0.263 e. The lowest BCUT2D eigenvalue weighted by Gasteiger charge is -2.44. The maximum atomic E-state index is 13.3. The minimum Gasteiger partial charge on any atom is -0.275 e. The molecule has 0 amide bonds. The van der Waals surface area contributed by atoms with Crippen molar-refractivity contribution in [2.75, 3.05) is 0 Å². The average molecular weight is 364 g/mol. The van der Waals surface area contributed by atoms with Gasteiger partial charge in [-0.1, -0.05) is 50.2 Å². The fourth-order valence-electron chi connectivity index (χ4n) is 3.62. The van der Waals surface area contributed by atoms with Gasteiger partial charge in [0.1, 0.15) is 0 Å². The van der Waals surface area contributed by atoms with Gasteiger partial charge in [0.05, 0.1) is 22.5 Å². The molecule has 27 heavy (non-hydrogen) atoms. The molecule has 4 rings (SSSR count). The average Bonchev–Trinajstić information content (AvgIpc) is 2.64. The second-order valence-corrected chi connectivity index (χ2v) is 8.14. The number of alkyl halides is 2. The van der Waals surface area contributed by atoms with Crippen molar-refractivity contribution in [1.29, 1.82) is 0 Å². The molecule has 0 fully saturated rings. The molecule has 0 N–H and O–H groups in total. The molecule has 0 aliphatic carbocycles. The highest BCUT2D eigenvalue weighted by atomic mass is 19.3. The van der Waals surface area contributed by atoms with Crippen molar-refractivity contribution in [3.63, 3.8) is 0 Å². The Morgan fingerprint density at radius 1 is 0.889 bits per heavy atom. The summed E-state index contributed by atoms with van der Waals surface area (Å²) in [5.41, 5.74) is 3.41. The van der Waals surface area contributed by atoms with Gasteiger partial charge >= 0.3 is 0 Å². The summed E-state index contributed by atoms with van der Waals surface area (Å²) >= 11 is 0. The number of nitrogens with zero attached hydrogens (tertiary/aromatic N) is 2. The Hall–Kier alpha value is -2.62. The molecule has 0 atom stereocenters. The smallest absolute Gasteiger partial charge is 0.263 e. The van der Waals surface area contributed by atoms with E-state index in [0.717, 1.165) is 33.4 Å². The van der Waals surface area contributed by atoms with Gasteiger partial charge in [-0.15, -0.1) is 0 Å². The van der Waals surface area contributed by atoms with Crippen LogP contribution in [0.2, 0.25) is 0 Å². The number of para-hydroxylation sites is 1. The molecule has 1 aromatic heterocycles. The van der Waals surface area contributed by atoms with E-state index < -0.39 is 12.0 Å². The molecule has 1 aliphatic heterocycles. The summed E-state index contributed by atoms with van der Waals surface area (Å²) in [5.74, 6) is 0. The number of fused-ring (bicyclic) bond motifs is 2. The molecule has 1 aliphatic rings. The minimum atomic E-state index is -2.49. The molecule has 4 heteroatoms. The van der Waals surface area contributed by atoms with E-state index in [0.29, 0.717) is 0 Å². The predicted molar refractivity (Wildman–Crippen MR) is 106 cm³/mol. The zero-order valence-corrected chi connectivity index (χ0v) is 15.9. The van der Waals surface area contributed by atoms with Crippen LogP contribution in [0.15, 0.2) is 59.6 Å². The van der Waals surface area contributed by atoms with Crippen LogP contribution in [0.25, 0.3) is 10.9 Å². The Morgan fingerprint density at radius 2 is 1.63 bits per heavy atom. The number of halogens is 2. The Bertz CT molecular complexity index is 1060. The van der Waals surface area contributed by atoms with E-state index in [9.17, 15) is 8.78 Å². The molecule has 3 aromatic rings. The van der Waals surface area contributed by atoms with Crippen molar-refractivity contribution >= 4 is 16.6 Å². The Labute approximate surface area is 158 Å². The van der Waals surface area contributed by atoms with Gasteiger partial charge in [0.2, 0.25) is 0 Å². The van der Waals surface area contributed by atoms with Gasteiger partial charge in [-0.05, 0) is 37.6 Å². The monoisotopic (exact) mass is 364 g/mol. The van der Waals surface area contributed by atoms with Crippen molar-refractivity contribution in [2.45, 2.75) is 45.1 Å². The quantitative estimate of drug-likeness (QED) is 0.541. The van der Waals surface area contributed by atoms with E-state index in [-0.39, 0.29) is 11.0 Å². The van der Waals surface area contributed by atoms with E-state index in [1.54, 1.807) is 12.1 Å². The van der Waals surface area contributed by atoms with E-state index in [1.165, 1.54) is 6.07 Å². The van der Waals surface area contributed by atoms with Crippen LogP contribution in [-0.4, -0.2) is 16.2 Å². The fraction of sp³-hybridized carbons (Fsp3) is 0.304. The molecule has 0 spiro atoms. The normalized spacial score (nSPS) is 17.7. The molecule has 138 valence electrons. The van der Waals surface area contributed by atoms with Gasteiger partial charge in [-0.2, -0.15) is 0 Å². The summed E-state index contributed by atoms with van der Waals surface area (Å²) < 4.78 is 26.7. The lowest BCUT2D eigenvalue weighted by atomic mass is 9.65. The van der Waals surface area contributed by atoms with Gasteiger partial charge in [-0.25, -0.2) is 13.8 Å². The van der Waals surface area contributed by atoms with Gasteiger partial charge in [0, 0.05) is 21.9 Å².